The molecule has 3 amide bonds. The summed E-state index contributed by atoms with van der Waals surface area (Å²) in [5, 5.41) is 18.1. The Hall–Kier alpha value is -3.05. The normalized spacial score (nSPS) is 14.8. The van der Waals surface area contributed by atoms with E-state index in [4.69, 9.17) is 5.73 Å². The Kier molecular flexibility index (Phi) is 9.30. The molecule has 0 saturated carbocycles. The lowest BCUT2D eigenvalue weighted by atomic mass is 10.0. The van der Waals surface area contributed by atoms with Crippen LogP contribution in [0.25, 0.3) is 10.9 Å². The number of rotatable bonds is 11. The van der Waals surface area contributed by atoms with Gasteiger partial charge < -0.3 is 31.8 Å². The minimum absolute atomic E-state index is 0.0530. The van der Waals surface area contributed by atoms with Crippen LogP contribution in [-0.4, -0.2) is 63.7 Å². The fraction of sp³-hybridized carbons (Fsp3) is 0.455. The summed E-state index contributed by atoms with van der Waals surface area (Å²) >= 11 is 4.13. The molecule has 7 N–H and O–H groups in total. The molecule has 0 aliphatic rings. The minimum Gasteiger partial charge on any atom is -0.480 e. The van der Waals surface area contributed by atoms with Crippen molar-refractivity contribution in [2.24, 2.45) is 11.7 Å². The van der Waals surface area contributed by atoms with Gasteiger partial charge in [0.15, 0.2) is 0 Å². The zero-order valence-electron chi connectivity index (χ0n) is 18.8. The third kappa shape index (κ3) is 6.96. The van der Waals surface area contributed by atoms with Crippen LogP contribution < -0.4 is 21.7 Å². The standard InChI is InChI=1S/C22H31N5O5S/c1-11(2)18(27-19(28)12(3)23)21(30)26-17(10-33)20(29)25-16(22(31)32)8-13-9-24-15-7-5-4-6-14(13)15/h4-7,9,11-12,16-18,24,33H,8,10,23H2,1-3H3,(H,25,29)(H,26,30)(H,27,28)(H,31,32). The molecule has 1 aromatic heterocycles. The number of carboxylic acids is 1. The highest BCUT2D eigenvalue weighted by Crippen LogP contribution is 2.19. The van der Waals surface area contributed by atoms with Gasteiger partial charge in [0.2, 0.25) is 17.7 Å². The minimum atomic E-state index is -1.21. The van der Waals surface area contributed by atoms with Crippen LogP contribution in [0, 0.1) is 5.92 Å². The molecule has 1 aromatic carbocycles. The van der Waals surface area contributed by atoms with Gasteiger partial charge in [-0.25, -0.2) is 4.79 Å². The van der Waals surface area contributed by atoms with Crippen LogP contribution in [0.15, 0.2) is 30.5 Å². The highest BCUT2D eigenvalue weighted by molar-refractivity contribution is 7.80. The monoisotopic (exact) mass is 477 g/mol. The number of para-hydroxylation sites is 1. The number of hydrogen-bond donors (Lipinski definition) is 7. The third-order valence-electron chi connectivity index (χ3n) is 5.19. The molecule has 0 saturated heterocycles. The molecule has 0 spiro atoms. The van der Waals surface area contributed by atoms with Crippen molar-refractivity contribution >= 4 is 47.2 Å². The molecule has 0 aliphatic heterocycles. The summed E-state index contributed by atoms with van der Waals surface area (Å²) in [6.45, 7) is 4.97. The van der Waals surface area contributed by atoms with E-state index in [1.54, 1.807) is 20.0 Å². The van der Waals surface area contributed by atoms with E-state index in [1.807, 2.05) is 24.3 Å². The predicted octanol–water partition coefficient (Wildman–Crippen LogP) is 0.182. The number of nitrogens with two attached hydrogens (primary N) is 1. The van der Waals surface area contributed by atoms with E-state index in [9.17, 15) is 24.3 Å². The SMILES string of the molecule is CC(N)C(=O)NC(C(=O)NC(CS)C(=O)NC(Cc1c[nH]c2ccccc12)C(=O)O)C(C)C. The third-order valence-corrected chi connectivity index (χ3v) is 5.55. The molecule has 0 radical (unpaired) electrons. The molecular weight excluding hydrogens is 446 g/mol. The number of amides is 3. The highest BCUT2D eigenvalue weighted by Gasteiger charge is 2.31. The number of thiol groups is 1. The Balaban J connectivity index is 2.09. The van der Waals surface area contributed by atoms with Crippen LogP contribution >= 0.6 is 12.6 Å². The van der Waals surface area contributed by atoms with Gasteiger partial charge in [-0.15, -0.1) is 0 Å². The molecular formula is C22H31N5O5S. The second-order valence-corrected chi connectivity index (χ2v) is 8.59. The van der Waals surface area contributed by atoms with Gasteiger partial charge in [0, 0.05) is 29.3 Å². The van der Waals surface area contributed by atoms with Crippen molar-refractivity contribution in [2.45, 2.75) is 51.4 Å². The molecule has 180 valence electrons. The van der Waals surface area contributed by atoms with Crippen LogP contribution in [0.5, 0.6) is 0 Å². The second-order valence-electron chi connectivity index (χ2n) is 8.23. The molecule has 1 heterocycles. The lowest BCUT2D eigenvalue weighted by molar-refractivity contribution is -0.142. The van der Waals surface area contributed by atoms with E-state index >= 15 is 0 Å². The van der Waals surface area contributed by atoms with Gasteiger partial charge >= 0.3 is 5.97 Å². The number of carbonyl (C=O) groups is 4. The van der Waals surface area contributed by atoms with E-state index in [0.717, 1.165) is 16.5 Å². The van der Waals surface area contributed by atoms with Crippen LogP contribution in [0.3, 0.4) is 0 Å². The lowest BCUT2D eigenvalue weighted by Crippen LogP contribution is -2.58. The van der Waals surface area contributed by atoms with Crippen molar-refractivity contribution in [2.75, 3.05) is 5.75 Å². The van der Waals surface area contributed by atoms with Crippen molar-refractivity contribution in [3.05, 3.63) is 36.0 Å². The number of aromatic amines is 1. The van der Waals surface area contributed by atoms with E-state index < -0.39 is 47.9 Å². The van der Waals surface area contributed by atoms with Crippen molar-refractivity contribution < 1.29 is 24.3 Å². The zero-order valence-corrected chi connectivity index (χ0v) is 19.7. The molecule has 0 bridgehead atoms. The summed E-state index contributed by atoms with van der Waals surface area (Å²) in [4.78, 5) is 52.4. The van der Waals surface area contributed by atoms with Crippen LogP contribution in [0.4, 0.5) is 0 Å². The van der Waals surface area contributed by atoms with E-state index in [0.29, 0.717) is 0 Å². The Labute approximate surface area is 197 Å². The first-order valence-corrected chi connectivity index (χ1v) is 11.2. The molecule has 4 unspecified atom stereocenters. The Morgan fingerprint density at radius 2 is 1.64 bits per heavy atom. The average molecular weight is 478 g/mol. The fourth-order valence-corrected chi connectivity index (χ4v) is 3.53. The van der Waals surface area contributed by atoms with Crippen molar-refractivity contribution in [1.29, 1.82) is 0 Å². The van der Waals surface area contributed by atoms with E-state index in [1.165, 1.54) is 6.92 Å². The van der Waals surface area contributed by atoms with Gasteiger partial charge in [0.25, 0.3) is 0 Å². The maximum absolute atomic E-state index is 12.8. The number of benzene rings is 1. The number of nitrogens with one attached hydrogen (secondary N) is 4. The number of aliphatic carboxylic acids is 1. The zero-order chi connectivity index (χ0) is 24.7. The van der Waals surface area contributed by atoms with Crippen LogP contribution in [-0.2, 0) is 25.6 Å². The summed E-state index contributed by atoms with van der Waals surface area (Å²) in [5.74, 6) is -3.32. The average Bonchev–Trinajstić information content (AvgIpc) is 3.17. The summed E-state index contributed by atoms with van der Waals surface area (Å²) in [5.41, 5.74) is 7.15. The molecule has 2 rings (SSSR count). The summed E-state index contributed by atoms with van der Waals surface area (Å²) < 4.78 is 0. The molecule has 0 aliphatic carbocycles. The van der Waals surface area contributed by atoms with Crippen LogP contribution in [0.1, 0.15) is 26.3 Å². The number of carbonyl (C=O) groups excluding carboxylic acids is 3. The number of carboxylic acid groups (broad SMARTS) is 1. The number of fused-ring (bicyclic) bond motifs is 1. The van der Waals surface area contributed by atoms with Gasteiger partial charge in [-0.3, -0.25) is 14.4 Å². The first-order chi connectivity index (χ1) is 15.5. The Morgan fingerprint density at radius 1 is 1.00 bits per heavy atom. The molecule has 11 heteroatoms. The topological polar surface area (TPSA) is 166 Å². The molecule has 2 aromatic rings. The first-order valence-electron chi connectivity index (χ1n) is 10.6. The largest absolute Gasteiger partial charge is 0.480 e. The quantitative estimate of drug-likeness (QED) is 0.228. The maximum Gasteiger partial charge on any atom is 0.326 e. The van der Waals surface area contributed by atoms with Gasteiger partial charge in [-0.05, 0) is 24.5 Å². The van der Waals surface area contributed by atoms with Gasteiger partial charge in [-0.2, -0.15) is 12.6 Å². The molecule has 4 atom stereocenters. The number of H-pyrrole nitrogens is 1. The summed E-state index contributed by atoms with van der Waals surface area (Å²) in [7, 11) is 0. The number of aromatic nitrogens is 1. The summed E-state index contributed by atoms with van der Waals surface area (Å²) in [6, 6.07) is 3.41. The van der Waals surface area contributed by atoms with E-state index in [-0.39, 0.29) is 18.1 Å². The fourth-order valence-electron chi connectivity index (χ4n) is 3.27. The molecule has 0 fully saturated rings. The highest BCUT2D eigenvalue weighted by atomic mass is 32.1. The Bertz CT molecular complexity index is 1010. The summed E-state index contributed by atoms with van der Waals surface area (Å²) in [6.07, 6.45) is 1.76. The smallest absolute Gasteiger partial charge is 0.326 e. The lowest BCUT2D eigenvalue weighted by Gasteiger charge is -2.26. The number of hydrogen-bond acceptors (Lipinski definition) is 6. The van der Waals surface area contributed by atoms with Crippen molar-refractivity contribution in [3.8, 4) is 0 Å². The van der Waals surface area contributed by atoms with Crippen molar-refractivity contribution in [1.82, 2.24) is 20.9 Å². The maximum atomic E-state index is 12.8. The predicted molar refractivity (Wildman–Crippen MR) is 128 cm³/mol. The molecule has 33 heavy (non-hydrogen) atoms. The van der Waals surface area contributed by atoms with Gasteiger partial charge in [-0.1, -0.05) is 32.0 Å². The molecule has 10 nitrogen and oxygen atoms in total. The van der Waals surface area contributed by atoms with Crippen molar-refractivity contribution in [3.63, 3.8) is 0 Å². The van der Waals surface area contributed by atoms with Gasteiger partial charge in [0.1, 0.15) is 18.1 Å². The first kappa shape index (κ1) is 26.2. The van der Waals surface area contributed by atoms with Crippen LogP contribution in [0.2, 0.25) is 0 Å². The van der Waals surface area contributed by atoms with Gasteiger partial charge in [0.05, 0.1) is 6.04 Å². The Morgan fingerprint density at radius 3 is 2.21 bits per heavy atom. The second kappa shape index (κ2) is 11.7. The van der Waals surface area contributed by atoms with E-state index in [2.05, 4.69) is 33.6 Å².